The molecule has 0 aromatic carbocycles. The molecule has 0 bridgehead atoms. The van der Waals surface area contributed by atoms with Crippen LogP contribution in [0.5, 0.6) is 0 Å². The van der Waals surface area contributed by atoms with Crippen LogP contribution in [0.2, 0.25) is 0 Å². The molecule has 82 valence electrons. The van der Waals surface area contributed by atoms with Gasteiger partial charge in [0.25, 0.3) is 0 Å². The van der Waals surface area contributed by atoms with Gasteiger partial charge >= 0.3 is 6.03 Å². The first-order valence-electron chi connectivity index (χ1n) is 5.09. The molecule has 5 heteroatoms. The van der Waals surface area contributed by atoms with E-state index in [9.17, 15) is 4.79 Å². The highest BCUT2D eigenvalue weighted by Gasteiger charge is 2.18. The number of ether oxygens (including phenoxy) is 1. The van der Waals surface area contributed by atoms with Crippen molar-refractivity contribution in [2.75, 3.05) is 13.2 Å². The second-order valence-corrected chi connectivity index (χ2v) is 3.70. The van der Waals surface area contributed by atoms with E-state index in [2.05, 4.69) is 5.32 Å². The minimum absolute atomic E-state index is 0.310. The number of urea groups is 1. The zero-order chi connectivity index (χ0) is 10.4. The number of rotatable bonds is 4. The Morgan fingerprint density at radius 3 is 2.57 bits per heavy atom. The number of hydrogen-bond acceptors (Lipinski definition) is 3. The van der Waals surface area contributed by atoms with Crippen LogP contribution in [0.15, 0.2) is 0 Å². The molecule has 0 spiro atoms. The molecule has 0 heterocycles. The molecular weight excluding hydrogens is 182 g/mol. The highest BCUT2D eigenvalue weighted by atomic mass is 16.5. The fraction of sp³-hybridized carbons (Fsp3) is 0.889. The van der Waals surface area contributed by atoms with Gasteiger partial charge in [0.1, 0.15) is 0 Å². The van der Waals surface area contributed by atoms with Gasteiger partial charge in [-0.15, -0.1) is 0 Å². The predicted octanol–water partition coefficient (Wildman–Crippen LogP) is -0.0588. The van der Waals surface area contributed by atoms with Crippen molar-refractivity contribution in [1.29, 1.82) is 0 Å². The number of carbonyl (C=O) groups is 1. The maximum atomic E-state index is 10.3. The number of carbonyl (C=O) groups excluding carboxylic acids is 1. The van der Waals surface area contributed by atoms with Crippen molar-refractivity contribution in [3.05, 3.63) is 0 Å². The first-order chi connectivity index (χ1) is 6.68. The topological polar surface area (TPSA) is 90.4 Å². The summed E-state index contributed by atoms with van der Waals surface area (Å²) in [4.78, 5) is 10.3. The lowest BCUT2D eigenvalue weighted by atomic mass is 9.94. The van der Waals surface area contributed by atoms with Gasteiger partial charge < -0.3 is 21.5 Å². The molecule has 1 rings (SSSR count). The fourth-order valence-electron chi connectivity index (χ4n) is 1.66. The van der Waals surface area contributed by atoms with E-state index >= 15 is 0 Å². The van der Waals surface area contributed by atoms with Gasteiger partial charge in [-0.25, -0.2) is 4.79 Å². The van der Waals surface area contributed by atoms with Crippen molar-refractivity contribution in [2.24, 2.45) is 11.5 Å². The van der Waals surface area contributed by atoms with Crippen LogP contribution < -0.4 is 16.8 Å². The Balaban J connectivity index is 1.99. The summed E-state index contributed by atoms with van der Waals surface area (Å²) >= 11 is 0. The minimum atomic E-state index is -0.501. The predicted molar refractivity (Wildman–Crippen MR) is 53.8 cm³/mol. The lowest BCUT2D eigenvalue weighted by Gasteiger charge is -2.26. The van der Waals surface area contributed by atoms with Crippen molar-refractivity contribution in [3.63, 3.8) is 0 Å². The molecule has 0 radical (unpaired) electrons. The van der Waals surface area contributed by atoms with E-state index in [1.165, 1.54) is 0 Å². The summed E-state index contributed by atoms with van der Waals surface area (Å²) in [6.07, 6.45) is 4.43. The molecule has 1 fully saturated rings. The molecular formula is C9H19N3O2. The minimum Gasteiger partial charge on any atom is -0.376 e. The van der Waals surface area contributed by atoms with Crippen molar-refractivity contribution in [1.82, 2.24) is 5.32 Å². The number of primary amides is 1. The van der Waals surface area contributed by atoms with Crippen molar-refractivity contribution >= 4 is 6.03 Å². The third-order valence-corrected chi connectivity index (χ3v) is 2.47. The molecule has 14 heavy (non-hydrogen) atoms. The molecule has 1 saturated carbocycles. The van der Waals surface area contributed by atoms with E-state index in [4.69, 9.17) is 16.2 Å². The maximum Gasteiger partial charge on any atom is 0.312 e. The summed E-state index contributed by atoms with van der Waals surface area (Å²) in [7, 11) is 0. The van der Waals surface area contributed by atoms with Crippen LogP contribution >= 0.6 is 0 Å². The van der Waals surface area contributed by atoms with Crippen molar-refractivity contribution < 1.29 is 9.53 Å². The van der Waals surface area contributed by atoms with Crippen LogP contribution in [0.1, 0.15) is 25.7 Å². The quantitative estimate of drug-likeness (QED) is 0.556. The fourth-order valence-corrected chi connectivity index (χ4v) is 1.66. The molecule has 0 saturated heterocycles. The Morgan fingerprint density at radius 2 is 2.00 bits per heavy atom. The molecule has 0 atom stereocenters. The second kappa shape index (κ2) is 5.82. The lowest BCUT2D eigenvalue weighted by Crippen LogP contribution is -2.34. The first kappa shape index (κ1) is 11.3. The number of nitrogens with two attached hydrogens (primary N) is 2. The second-order valence-electron chi connectivity index (χ2n) is 3.70. The Labute approximate surface area is 84.2 Å². The van der Waals surface area contributed by atoms with E-state index in [1.54, 1.807) is 0 Å². The zero-order valence-corrected chi connectivity index (χ0v) is 8.37. The Morgan fingerprint density at radius 1 is 1.36 bits per heavy atom. The molecule has 0 unspecified atom stereocenters. The Bertz CT molecular complexity index is 179. The summed E-state index contributed by atoms with van der Waals surface area (Å²) in [5, 5.41) is 2.48. The monoisotopic (exact) mass is 201 g/mol. The largest absolute Gasteiger partial charge is 0.376 e. The van der Waals surface area contributed by atoms with Gasteiger partial charge in [-0.1, -0.05) is 0 Å². The number of nitrogens with one attached hydrogen (secondary N) is 1. The van der Waals surface area contributed by atoms with Crippen LogP contribution in [0, 0.1) is 0 Å². The van der Waals surface area contributed by atoms with Crippen LogP contribution in [0.4, 0.5) is 4.79 Å². The third-order valence-electron chi connectivity index (χ3n) is 2.47. The first-order valence-corrected chi connectivity index (χ1v) is 5.09. The van der Waals surface area contributed by atoms with Crippen LogP contribution in [0.25, 0.3) is 0 Å². The van der Waals surface area contributed by atoms with Crippen molar-refractivity contribution in [3.8, 4) is 0 Å². The van der Waals surface area contributed by atoms with Crippen LogP contribution in [-0.4, -0.2) is 31.3 Å². The average molecular weight is 201 g/mol. The lowest BCUT2D eigenvalue weighted by molar-refractivity contribution is 0.0279. The van der Waals surface area contributed by atoms with E-state index in [0.717, 1.165) is 25.7 Å². The SMILES string of the molecule is NC(=O)NCCOC1CCC(N)CC1. The van der Waals surface area contributed by atoms with Crippen LogP contribution in [0.3, 0.4) is 0 Å². The van der Waals surface area contributed by atoms with Gasteiger partial charge in [0.15, 0.2) is 0 Å². The maximum absolute atomic E-state index is 10.3. The summed E-state index contributed by atoms with van der Waals surface area (Å²) in [5.41, 5.74) is 10.7. The standard InChI is InChI=1S/C9H19N3O2/c10-7-1-3-8(4-2-7)14-6-5-12-9(11)13/h7-8H,1-6,10H2,(H3,11,12,13). The Kier molecular flexibility index (Phi) is 4.69. The number of hydrogen-bond donors (Lipinski definition) is 3. The Hall–Kier alpha value is -0.810. The summed E-state index contributed by atoms with van der Waals surface area (Å²) < 4.78 is 5.56. The van der Waals surface area contributed by atoms with Crippen LogP contribution in [-0.2, 0) is 4.74 Å². The average Bonchev–Trinajstić information content (AvgIpc) is 2.15. The van der Waals surface area contributed by atoms with Gasteiger partial charge in [0.05, 0.1) is 12.7 Å². The van der Waals surface area contributed by atoms with Gasteiger partial charge in [0.2, 0.25) is 0 Å². The zero-order valence-electron chi connectivity index (χ0n) is 8.37. The van der Waals surface area contributed by atoms with E-state index in [0.29, 0.717) is 25.3 Å². The molecule has 2 amide bonds. The molecule has 1 aliphatic carbocycles. The highest BCUT2D eigenvalue weighted by molar-refractivity contribution is 5.71. The van der Waals surface area contributed by atoms with Gasteiger partial charge in [-0.05, 0) is 25.7 Å². The van der Waals surface area contributed by atoms with Gasteiger partial charge in [-0.3, -0.25) is 0 Å². The van der Waals surface area contributed by atoms with E-state index in [1.807, 2.05) is 0 Å². The molecule has 1 aliphatic rings. The smallest absolute Gasteiger partial charge is 0.312 e. The van der Waals surface area contributed by atoms with E-state index < -0.39 is 6.03 Å². The summed E-state index contributed by atoms with van der Waals surface area (Å²) in [5.74, 6) is 0. The van der Waals surface area contributed by atoms with Gasteiger partial charge in [-0.2, -0.15) is 0 Å². The molecule has 0 aromatic heterocycles. The van der Waals surface area contributed by atoms with Gasteiger partial charge in [0, 0.05) is 12.6 Å². The van der Waals surface area contributed by atoms with Crippen molar-refractivity contribution in [2.45, 2.75) is 37.8 Å². The molecule has 5 nitrogen and oxygen atoms in total. The summed E-state index contributed by atoms with van der Waals surface area (Å²) in [6.45, 7) is 1.01. The highest BCUT2D eigenvalue weighted by Crippen LogP contribution is 2.19. The molecule has 0 aromatic rings. The molecule has 0 aliphatic heterocycles. The normalized spacial score (nSPS) is 27.2. The number of amides is 2. The van der Waals surface area contributed by atoms with E-state index in [-0.39, 0.29) is 0 Å². The molecule has 5 N–H and O–H groups in total. The third kappa shape index (κ3) is 4.43. The summed E-state index contributed by atoms with van der Waals surface area (Å²) in [6, 6.07) is -0.155.